The van der Waals surface area contributed by atoms with Gasteiger partial charge in [0, 0.05) is 24.5 Å². The van der Waals surface area contributed by atoms with Gasteiger partial charge in [-0.25, -0.2) is 0 Å². The molecule has 3 rings (SSSR count). The molecular formula is C19H20N2O2. The Morgan fingerprint density at radius 1 is 1.22 bits per heavy atom. The molecule has 1 aliphatic rings. The highest BCUT2D eigenvalue weighted by Crippen LogP contribution is 2.25. The Balaban J connectivity index is 1.60. The summed E-state index contributed by atoms with van der Waals surface area (Å²) in [6.45, 7) is 1.93. The predicted octanol–water partition coefficient (Wildman–Crippen LogP) is 3.27. The summed E-state index contributed by atoms with van der Waals surface area (Å²) in [5, 5.41) is 2.72. The third kappa shape index (κ3) is 3.65. The molecule has 0 radical (unpaired) electrons. The molecule has 118 valence electrons. The van der Waals surface area contributed by atoms with Crippen molar-refractivity contribution in [3.05, 3.63) is 59.4 Å². The molecule has 0 aliphatic heterocycles. The smallest absolute Gasteiger partial charge is 0.291 e. The van der Waals surface area contributed by atoms with Crippen molar-refractivity contribution in [2.45, 2.75) is 38.5 Å². The number of amides is 1. The van der Waals surface area contributed by atoms with Crippen molar-refractivity contribution in [1.29, 1.82) is 0 Å². The van der Waals surface area contributed by atoms with Crippen LogP contribution in [-0.2, 0) is 22.4 Å². The first kappa shape index (κ1) is 15.4. The summed E-state index contributed by atoms with van der Waals surface area (Å²) in [6.07, 6.45) is 6.92. The van der Waals surface area contributed by atoms with Crippen molar-refractivity contribution in [3.8, 4) is 0 Å². The van der Waals surface area contributed by atoms with Gasteiger partial charge in [0.1, 0.15) is 0 Å². The standard InChI is InChI=1S/C19H20N2O2/c1-13(16-6-3-9-20-12-16)10-18(22)19(23)21-17-8-7-14-4-2-5-15(14)11-17/h3,6-9,11-13H,2,4-5,10H2,1H3,(H,21,23)/t13-/m0/s1. The van der Waals surface area contributed by atoms with Gasteiger partial charge < -0.3 is 5.32 Å². The topological polar surface area (TPSA) is 59.1 Å². The number of hydrogen-bond acceptors (Lipinski definition) is 3. The lowest BCUT2D eigenvalue weighted by molar-refractivity contribution is -0.135. The van der Waals surface area contributed by atoms with E-state index in [2.05, 4.69) is 10.3 Å². The summed E-state index contributed by atoms with van der Waals surface area (Å²) in [6, 6.07) is 9.66. The number of nitrogens with one attached hydrogen (secondary N) is 1. The van der Waals surface area contributed by atoms with E-state index < -0.39 is 11.7 Å². The number of fused-ring (bicyclic) bond motifs is 1. The second-order valence-corrected chi connectivity index (χ2v) is 6.11. The second-order valence-electron chi connectivity index (χ2n) is 6.11. The molecule has 1 aliphatic carbocycles. The molecule has 4 nitrogen and oxygen atoms in total. The maximum Gasteiger partial charge on any atom is 0.291 e. The molecule has 0 fully saturated rings. The zero-order chi connectivity index (χ0) is 16.2. The lowest BCUT2D eigenvalue weighted by Gasteiger charge is -2.11. The maximum absolute atomic E-state index is 12.1. The Hall–Kier alpha value is -2.49. The molecule has 0 spiro atoms. The Labute approximate surface area is 135 Å². The van der Waals surface area contributed by atoms with Crippen LogP contribution in [0.5, 0.6) is 0 Å². The molecule has 0 saturated heterocycles. The van der Waals surface area contributed by atoms with Crippen LogP contribution in [0.2, 0.25) is 0 Å². The van der Waals surface area contributed by atoms with Crippen LogP contribution in [-0.4, -0.2) is 16.7 Å². The highest BCUT2D eigenvalue weighted by atomic mass is 16.2. The van der Waals surface area contributed by atoms with Crippen LogP contribution >= 0.6 is 0 Å². The third-order valence-corrected chi connectivity index (χ3v) is 4.35. The first-order chi connectivity index (χ1) is 11.1. The quantitative estimate of drug-likeness (QED) is 0.862. The van der Waals surface area contributed by atoms with E-state index in [9.17, 15) is 9.59 Å². The lowest BCUT2D eigenvalue weighted by atomic mass is 9.97. The van der Waals surface area contributed by atoms with Gasteiger partial charge in [0.2, 0.25) is 5.78 Å². The van der Waals surface area contributed by atoms with Crippen LogP contribution in [0.15, 0.2) is 42.7 Å². The minimum Gasteiger partial charge on any atom is -0.319 e. The average Bonchev–Trinajstić information content (AvgIpc) is 3.03. The van der Waals surface area contributed by atoms with Crippen molar-refractivity contribution in [2.75, 3.05) is 5.32 Å². The van der Waals surface area contributed by atoms with Gasteiger partial charge in [0.25, 0.3) is 5.91 Å². The number of Topliss-reactive ketones (excluding diaryl/α,β-unsaturated/α-hetero) is 1. The third-order valence-electron chi connectivity index (χ3n) is 4.35. The Kier molecular flexibility index (Phi) is 4.51. The van der Waals surface area contributed by atoms with Gasteiger partial charge in [0.05, 0.1) is 0 Å². The summed E-state index contributed by atoms with van der Waals surface area (Å²) in [5.41, 5.74) is 4.29. The summed E-state index contributed by atoms with van der Waals surface area (Å²) in [7, 11) is 0. The molecule has 0 bridgehead atoms. The molecule has 23 heavy (non-hydrogen) atoms. The summed E-state index contributed by atoms with van der Waals surface area (Å²) < 4.78 is 0. The molecule has 1 aromatic carbocycles. The molecule has 0 unspecified atom stereocenters. The number of rotatable bonds is 5. The number of carbonyl (C=O) groups is 2. The molecule has 0 saturated carbocycles. The molecule has 1 amide bonds. The molecule has 4 heteroatoms. The van der Waals surface area contributed by atoms with Crippen molar-refractivity contribution >= 4 is 17.4 Å². The highest BCUT2D eigenvalue weighted by molar-refractivity contribution is 6.40. The van der Waals surface area contributed by atoms with Crippen LogP contribution in [0.4, 0.5) is 5.69 Å². The van der Waals surface area contributed by atoms with Gasteiger partial charge in [-0.2, -0.15) is 0 Å². The number of ketones is 1. The fourth-order valence-corrected chi connectivity index (χ4v) is 3.01. The number of aryl methyl sites for hydroxylation is 2. The van der Waals surface area contributed by atoms with Crippen molar-refractivity contribution < 1.29 is 9.59 Å². The van der Waals surface area contributed by atoms with Gasteiger partial charge in [-0.1, -0.05) is 19.1 Å². The van der Waals surface area contributed by atoms with Gasteiger partial charge in [-0.15, -0.1) is 0 Å². The summed E-state index contributed by atoms with van der Waals surface area (Å²) >= 11 is 0. The van der Waals surface area contributed by atoms with Crippen LogP contribution in [0.25, 0.3) is 0 Å². The first-order valence-corrected chi connectivity index (χ1v) is 7.99. The molecular weight excluding hydrogens is 288 g/mol. The zero-order valence-electron chi connectivity index (χ0n) is 13.2. The number of pyridine rings is 1. The van der Waals surface area contributed by atoms with E-state index in [1.165, 1.54) is 11.1 Å². The summed E-state index contributed by atoms with van der Waals surface area (Å²) in [5.74, 6) is -0.970. The number of aromatic nitrogens is 1. The lowest BCUT2D eigenvalue weighted by Crippen LogP contribution is -2.24. The Morgan fingerprint density at radius 2 is 2.04 bits per heavy atom. The first-order valence-electron chi connectivity index (χ1n) is 7.99. The largest absolute Gasteiger partial charge is 0.319 e. The van der Waals surface area contributed by atoms with E-state index >= 15 is 0 Å². The molecule has 1 aromatic heterocycles. The van der Waals surface area contributed by atoms with Gasteiger partial charge in [-0.3, -0.25) is 14.6 Å². The van der Waals surface area contributed by atoms with Gasteiger partial charge in [0.15, 0.2) is 0 Å². The number of nitrogens with zero attached hydrogens (tertiary/aromatic N) is 1. The van der Waals surface area contributed by atoms with E-state index in [0.717, 1.165) is 24.8 Å². The molecule has 1 heterocycles. The van der Waals surface area contributed by atoms with E-state index in [-0.39, 0.29) is 12.3 Å². The van der Waals surface area contributed by atoms with Gasteiger partial charge in [-0.05, 0) is 60.1 Å². The monoisotopic (exact) mass is 308 g/mol. The van der Waals surface area contributed by atoms with Crippen LogP contribution in [0.3, 0.4) is 0 Å². The SMILES string of the molecule is C[C@@H](CC(=O)C(=O)Nc1ccc2c(c1)CCC2)c1cccnc1. The zero-order valence-corrected chi connectivity index (χ0v) is 13.2. The van der Waals surface area contributed by atoms with E-state index in [1.807, 2.05) is 37.3 Å². The average molecular weight is 308 g/mol. The fraction of sp³-hybridized carbons (Fsp3) is 0.316. The molecule has 2 aromatic rings. The van der Waals surface area contributed by atoms with Crippen molar-refractivity contribution in [3.63, 3.8) is 0 Å². The normalized spacial score (nSPS) is 14.1. The van der Waals surface area contributed by atoms with Crippen molar-refractivity contribution in [1.82, 2.24) is 4.98 Å². The van der Waals surface area contributed by atoms with Crippen molar-refractivity contribution in [2.24, 2.45) is 0 Å². The maximum atomic E-state index is 12.1. The second kappa shape index (κ2) is 6.73. The van der Waals surface area contributed by atoms with Crippen LogP contribution in [0, 0.1) is 0 Å². The van der Waals surface area contributed by atoms with E-state index in [0.29, 0.717) is 5.69 Å². The summed E-state index contributed by atoms with van der Waals surface area (Å²) in [4.78, 5) is 28.3. The number of anilines is 1. The fourth-order valence-electron chi connectivity index (χ4n) is 3.01. The predicted molar refractivity (Wildman–Crippen MR) is 89.4 cm³/mol. The molecule has 1 atom stereocenters. The minimum atomic E-state index is -0.543. The Bertz CT molecular complexity index is 725. The highest BCUT2D eigenvalue weighted by Gasteiger charge is 2.19. The number of carbonyl (C=O) groups excluding carboxylic acids is 2. The van der Waals surface area contributed by atoms with Crippen LogP contribution in [0.1, 0.15) is 42.4 Å². The van der Waals surface area contributed by atoms with Crippen LogP contribution < -0.4 is 5.32 Å². The number of hydrogen-bond donors (Lipinski definition) is 1. The minimum absolute atomic E-state index is 0.0260. The number of benzene rings is 1. The van der Waals surface area contributed by atoms with E-state index in [1.54, 1.807) is 12.4 Å². The van der Waals surface area contributed by atoms with E-state index in [4.69, 9.17) is 0 Å². The van der Waals surface area contributed by atoms with Gasteiger partial charge >= 0.3 is 0 Å². The molecule has 1 N–H and O–H groups in total. The Morgan fingerprint density at radius 3 is 2.83 bits per heavy atom.